The van der Waals surface area contributed by atoms with E-state index in [4.69, 9.17) is 10.8 Å². The highest BCUT2D eigenvalue weighted by Crippen LogP contribution is 2.34. The molecule has 1 amide bonds. The molecule has 1 aliphatic heterocycles. The van der Waals surface area contributed by atoms with Crippen molar-refractivity contribution in [3.63, 3.8) is 0 Å². The molecule has 0 bridgehead atoms. The number of nitrogen functional groups attached to an aromatic ring is 1. The van der Waals surface area contributed by atoms with Gasteiger partial charge >= 0.3 is 0 Å². The van der Waals surface area contributed by atoms with Crippen molar-refractivity contribution < 1.29 is 13.2 Å². The van der Waals surface area contributed by atoms with Crippen LogP contribution in [0.1, 0.15) is 30.0 Å². The number of rotatable bonds is 7. The number of nitrogens with zero attached hydrogens (tertiary/aromatic N) is 5. The van der Waals surface area contributed by atoms with Crippen molar-refractivity contribution in [3.8, 4) is 11.3 Å². The van der Waals surface area contributed by atoms with Gasteiger partial charge in [-0.1, -0.05) is 49.0 Å². The van der Waals surface area contributed by atoms with E-state index in [0.717, 1.165) is 24.0 Å². The van der Waals surface area contributed by atoms with Crippen LogP contribution in [-0.2, 0) is 21.4 Å². The van der Waals surface area contributed by atoms with Crippen molar-refractivity contribution in [1.82, 2.24) is 29.4 Å². The van der Waals surface area contributed by atoms with Gasteiger partial charge < -0.3 is 10.6 Å². The van der Waals surface area contributed by atoms with E-state index in [1.807, 2.05) is 28.9 Å². The second-order valence-corrected chi connectivity index (χ2v) is 11.1. The third-order valence-corrected chi connectivity index (χ3v) is 8.39. The van der Waals surface area contributed by atoms with Gasteiger partial charge in [-0.05, 0) is 43.0 Å². The number of nitrogens with two attached hydrogens (primary N) is 1. The van der Waals surface area contributed by atoms with Crippen LogP contribution < -0.4 is 10.5 Å². The van der Waals surface area contributed by atoms with E-state index >= 15 is 0 Å². The lowest BCUT2D eigenvalue weighted by Gasteiger charge is -2.32. The third-order valence-electron chi connectivity index (χ3n) is 6.82. The maximum Gasteiger partial charge on any atom is 0.246 e. The van der Waals surface area contributed by atoms with Crippen LogP contribution in [-0.4, -0.2) is 52.1 Å². The molecule has 2 aromatic heterocycles. The first-order chi connectivity index (χ1) is 18.3. The highest BCUT2D eigenvalue weighted by atomic mass is 32.2. The molecular formula is C27H29N7O3S. The molecule has 196 valence electrons. The molecule has 0 unspecified atom stereocenters. The first-order valence-electron chi connectivity index (χ1n) is 12.3. The lowest BCUT2D eigenvalue weighted by molar-refractivity contribution is -0.127. The molecule has 0 spiro atoms. The summed E-state index contributed by atoms with van der Waals surface area (Å²) in [5, 5.41) is 5.53. The second kappa shape index (κ2) is 10.3. The van der Waals surface area contributed by atoms with Crippen molar-refractivity contribution in [3.05, 3.63) is 78.6 Å². The second-order valence-electron chi connectivity index (χ2n) is 9.32. The minimum atomic E-state index is -3.64. The van der Waals surface area contributed by atoms with E-state index in [-0.39, 0.29) is 23.4 Å². The zero-order valence-corrected chi connectivity index (χ0v) is 21.9. The number of piperidine rings is 1. The molecule has 1 saturated heterocycles. The molecule has 0 aliphatic carbocycles. The molecule has 11 heteroatoms. The Bertz CT molecular complexity index is 1610. The van der Waals surface area contributed by atoms with Gasteiger partial charge in [0.1, 0.15) is 17.8 Å². The summed E-state index contributed by atoms with van der Waals surface area (Å²) in [7, 11) is -3.64. The molecular weight excluding hydrogens is 502 g/mol. The molecule has 5 rings (SSSR count). The fourth-order valence-corrected chi connectivity index (χ4v) is 6.09. The number of nitrogens with one attached hydrogen (secondary N) is 1. The molecule has 0 radical (unpaired) electrons. The monoisotopic (exact) mass is 531 g/mol. The van der Waals surface area contributed by atoms with Gasteiger partial charge in [-0.15, -0.1) is 0 Å². The lowest BCUT2D eigenvalue weighted by atomic mass is 10.1. The molecule has 2 aromatic carbocycles. The van der Waals surface area contributed by atoms with E-state index in [1.165, 1.54) is 12.4 Å². The summed E-state index contributed by atoms with van der Waals surface area (Å²) in [6.45, 7) is 6.70. The number of fused-ring (bicyclic) bond motifs is 1. The minimum Gasteiger partial charge on any atom is -0.383 e. The van der Waals surface area contributed by atoms with Gasteiger partial charge in [0.2, 0.25) is 15.9 Å². The summed E-state index contributed by atoms with van der Waals surface area (Å²) in [6.07, 6.45) is 4.44. The number of hydrogen-bond acceptors (Lipinski definition) is 7. The molecule has 3 heterocycles. The van der Waals surface area contributed by atoms with Gasteiger partial charge in [0.15, 0.2) is 5.65 Å². The minimum absolute atomic E-state index is 0.0617. The number of hydrogen-bond donors (Lipinski definition) is 2. The number of sulfonamides is 1. The van der Waals surface area contributed by atoms with Gasteiger partial charge in [0.05, 0.1) is 16.3 Å². The zero-order valence-electron chi connectivity index (χ0n) is 21.0. The maximum absolute atomic E-state index is 12.8. The van der Waals surface area contributed by atoms with E-state index in [9.17, 15) is 13.2 Å². The Morgan fingerprint density at radius 1 is 1.18 bits per heavy atom. The van der Waals surface area contributed by atoms with Crippen molar-refractivity contribution in [2.75, 3.05) is 18.8 Å². The number of amides is 1. The van der Waals surface area contributed by atoms with Crippen molar-refractivity contribution in [1.29, 1.82) is 0 Å². The van der Waals surface area contributed by atoms with Crippen LogP contribution >= 0.6 is 0 Å². The molecule has 38 heavy (non-hydrogen) atoms. The van der Waals surface area contributed by atoms with Crippen molar-refractivity contribution in [2.45, 2.75) is 37.2 Å². The Balaban J connectivity index is 1.42. The predicted molar refractivity (Wildman–Crippen MR) is 145 cm³/mol. The van der Waals surface area contributed by atoms with Crippen LogP contribution in [0.2, 0.25) is 0 Å². The van der Waals surface area contributed by atoms with Gasteiger partial charge in [-0.3, -0.25) is 4.79 Å². The topological polar surface area (TPSA) is 136 Å². The lowest BCUT2D eigenvalue weighted by Crippen LogP contribution is -2.40. The van der Waals surface area contributed by atoms with Crippen LogP contribution in [0.3, 0.4) is 0 Å². The van der Waals surface area contributed by atoms with E-state index < -0.39 is 10.0 Å². The van der Waals surface area contributed by atoms with Crippen LogP contribution in [0.15, 0.2) is 72.4 Å². The molecule has 1 atom stereocenters. The number of carbonyl (C=O) groups excluding carboxylic acids is 1. The Morgan fingerprint density at radius 2 is 1.95 bits per heavy atom. The molecule has 4 aromatic rings. The van der Waals surface area contributed by atoms with Gasteiger partial charge in [-0.2, -0.15) is 5.10 Å². The Morgan fingerprint density at radius 3 is 2.68 bits per heavy atom. The highest BCUT2D eigenvalue weighted by Gasteiger charge is 2.28. The molecule has 10 nitrogen and oxygen atoms in total. The molecule has 0 saturated carbocycles. The Hall–Kier alpha value is -4.09. The SMILES string of the molecule is C=CC(=O)N1CCC[C@@H](n2nc(-c3ccc(CNS(=O)(=O)c4ccccc4C)cc3)c3c(N)ncnc32)C1. The Kier molecular flexibility index (Phi) is 6.96. The smallest absolute Gasteiger partial charge is 0.246 e. The van der Waals surface area contributed by atoms with Crippen molar-refractivity contribution >= 4 is 32.8 Å². The number of aromatic nitrogens is 4. The molecule has 1 aliphatic rings. The van der Waals surface area contributed by atoms with Gasteiger partial charge in [0, 0.05) is 25.2 Å². The first kappa shape index (κ1) is 25.6. The Labute approximate surface area is 221 Å². The van der Waals surface area contributed by atoms with Gasteiger partial charge in [-0.25, -0.2) is 27.8 Å². The van der Waals surface area contributed by atoms with Crippen molar-refractivity contribution in [2.24, 2.45) is 0 Å². The van der Waals surface area contributed by atoms with Crippen LogP contribution in [0.25, 0.3) is 22.3 Å². The summed E-state index contributed by atoms with van der Waals surface area (Å²) in [5.41, 5.74) is 9.80. The zero-order chi connectivity index (χ0) is 26.9. The summed E-state index contributed by atoms with van der Waals surface area (Å²) in [4.78, 5) is 22.9. The average Bonchev–Trinajstić information content (AvgIpc) is 3.33. The fraction of sp³-hybridized carbons (Fsp3) is 0.259. The summed E-state index contributed by atoms with van der Waals surface area (Å²) < 4.78 is 30.0. The number of anilines is 1. The normalized spacial score (nSPS) is 16.0. The summed E-state index contributed by atoms with van der Waals surface area (Å²) in [6, 6.07) is 14.3. The summed E-state index contributed by atoms with van der Waals surface area (Å²) >= 11 is 0. The standard InChI is InChI=1S/C27H29N7O3S/c1-3-23(35)33-14-6-8-21(16-33)34-27-24(26(28)29-17-30-27)25(32-34)20-12-10-19(11-13-20)15-31-38(36,37)22-9-5-4-7-18(22)2/h3-5,7,9-13,17,21,31H,1,6,8,14-16H2,2H3,(H2,28,29,30)/t21-/m1/s1. The van der Waals surface area contributed by atoms with Crippen LogP contribution in [0, 0.1) is 6.92 Å². The molecule has 3 N–H and O–H groups in total. The number of aryl methyl sites for hydroxylation is 1. The highest BCUT2D eigenvalue weighted by molar-refractivity contribution is 7.89. The van der Waals surface area contributed by atoms with E-state index in [2.05, 4.69) is 21.3 Å². The summed E-state index contributed by atoms with van der Waals surface area (Å²) in [5.74, 6) is 0.218. The van der Waals surface area contributed by atoms with Crippen LogP contribution in [0.4, 0.5) is 5.82 Å². The quantitative estimate of drug-likeness (QED) is 0.350. The number of carbonyl (C=O) groups is 1. The molecule has 1 fully saturated rings. The van der Waals surface area contributed by atoms with E-state index in [0.29, 0.717) is 41.2 Å². The third kappa shape index (κ3) is 4.90. The first-order valence-corrected chi connectivity index (χ1v) is 13.8. The fourth-order valence-electron chi connectivity index (χ4n) is 4.83. The maximum atomic E-state index is 12.8. The van der Waals surface area contributed by atoms with E-state index in [1.54, 1.807) is 36.1 Å². The average molecular weight is 532 g/mol. The largest absolute Gasteiger partial charge is 0.383 e. The van der Waals surface area contributed by atoms with Gasteiger partial charge in [0.25, 0.3) is 0 Å². The number of benzene rings is 2. The predicted octanol–water partition coefficient (Wildman–Crippen LogP) is 3.21. The number of likely N-dealkylation sites (tertiary alicyclic amines) is 1. The van der Waals surface area contributed by atoms with Crippen LogP contribution in [0.5, 0.6) is 0 Å².